The van der Waals surface area contributed by atoms with Gasteiger partial charge in [-0.05, 0) is 43.9 Å². The maximum absolute atomic E-state index is 13.3. The van der Waals surface area contributed by atoms with E-state index >= 15 is 0 Å². The van der Waals surface area contributed by atoms with Crippen LogP contribution in [0.15, 0.2) is 35.5 Å². The number of nitrogens with zero attached hydrogens (tertiary/aromatic N) is 5. The number of carbonyl (C=O) groups excluding carboxylic acids is 1. The lowest BCUT2D eigenvalue weighted by Crippen LogP contribution is -2.36. The predicted molar refractivity (Wildman–Crippen MR) is 125 cm³/mol. The van der Waals surface area contributed by atoms with E-state index in [1.165, 1.54) is 6.33 Å². The second-order valence-electron chi connectivity index (χ2n) is 8.39. The molecule has 0 radical (unpaired) electrons. The third kappa shape index (κ3) is 3.31. The minimum Gasteiger partial charge on any atom is -0.309 e. The number of amides is 1. The van der Waals surface area contributed by atoms with Crippen LogP contribution in [0.2, 0.25) is 5.02 Å². The number of aromatic nitrogens is 6. The average molecular weight is 464 g/mol. The molecule has 1 amide bonds. The van der Waals surface area contributed by atoms with Gasteiger partial charge >= 0.3 is 0 Å². The maximum Gasteiger partial charge on any atom is 0.257 e. The second kappa shape index (κ2) is 7.77. The molecule has 2 N–H and O–H groups in total. The zero-order valence-corrected chi connectivity index (χ0v) is 19.2. The largest absolute Gasteiger partial charge is 0.309 e. The van der Waals surface area contributed by atoms with Crippen molar-refractivity contribution in [1.82, 2.24) is 29.5 Å². The van der Waals surface area contributed by atoms with E-state index in [-0.39, 0.29) is 23.1 Å². The first-order chi connectivity index (χ1) is 15.8. The van der Waals surface area contributed by atoms with Crippen molar-refractivity contribution in [3.8, 4) is 11.5 Å². The molecular formula is C23H22ClN7O2. The summed E-state index contributed by atoms with van der Waals surface area (Å²) in [5.41, 5.74) is 2.07. The number of aromatic amines is 1. The van der Waals surface area contributed by atoms with Crippen molar-refractivity contribution in [3.05, 3.63) is 68.5 Å². The zero-order chi connectivity index (χ0) is 23.3. The van der Waals surface area contributed by atoms with Crippen molar-refractivity contribution < 1.29 is 4.79 Å². The summed E-state index contributed by atoms with van der Waals surface area (Å²) in [6, 6.07) is 5.32. The SMILES string of the molecule is CCCCc1nc(-c2nc3c(c(=O)[nH]2)C(C)(c2ccc(Cl)c(C)c2)C(=O)N3)cn2ncnc12. The smallest absolute Gasteiger partial charge is 0.257 e. The summed E-state index contributed by atoms with van der Waals surface area (Å²) in [6.07, 6.45) is 5.82. The number of halogens is 1. The monoisotopic (exact) mass is 463 g/mol. The van der Waals surface area contributed by atoms with Crippen molar-refractivity contribution >= 4 is 29.0 Å². The van der Waals surface area contributed by atoms with E-state index in [4.69, 9.17) is 16.6 Å². The van der Waals surface area contributed by atoms with Gasteiger partial charge in [0.05, 0.1) is 17.5 Å². The van der Waals surface area contributed by atoms with Crippen LogP contribution in [0.25, 0.3) is 17.2 Å². The Balaban J connectivity index is 1.64. The summed E-state index contributed by atoms with van der Waals surface area (Å²) < 4.78 is 1.62. The Labute approximate surface area is 194 Å². The van der Waals surface area contributed by atoms with Crippen LogP contribution >= 0.6 is 11.6 Å². The van der Waals surface area contributed by atoms with Crippen LogP contribution in [0.3, 0.4) is 0 Å². The Kier molecular flexibility index (Phi) is 5.01. The van der Waals surface area contributed by atoms with E-state index in [0.29, 0.717) is 21.9 Å². The molecule has 1 aliphatic rings. The van der Waals surface area contributed by atoms with Gasteiger partial charge in [0.1, 0.15) is 23.3 Å². The Morgan fingerprint density at radius 1 is 1.21 bits per heavy atom. The Morgan fingerprint density at radius 2 is 2.03 bits per heavy atom. The molecule has 1 atom stereocenters. The summed E-state index contributed by atoms with van der Waals surface area (Å²) >= 11 is 6.17. The molecule has 1 aliphatic heterocycles. The fraction of sp³-hybridized carbons (Fsp3) is 0.304. The lowest BCUT2D eigenvalue weighted by atomic mass is 9.77. The molecule has 1 aromatic carbocycles. The number of H-pyrrole nitrogens is 1. The number of nitrogens with one attached hydrogen (secondary N) is 2. The van der Waals surface area contributed by atoms with Crippen LogP contribution in [0.5, 0.6) is 0 Å². The fourth-order valence-corrected chi connectivity index (χ4v) is 4.36. The molecular weight excluding hydrogens is 442 g/mol. The van der Waals surface area contributed by atoms with E-state index < -0.39 is 11.0 Å². The van der Waals surface area contributed by atoms with Gasteiger partial charge < -0.3 is 10.3 Å². The van der Waals surface area contributed by atoms with Crippen molar-refractivity contribution in [1.29, 1.82) is 0 Å². The van der Waals surface area contributed by atoms with Crippen LogP contribution in [0.1, 0.15) is 49.1 Å². The van der Waals surface area contributed by atoms with E-state index in [9.17, 15) is 9.59 Å². The minimum absolute atomic E-state index is 0.226. The molecule has 0 fully saturated rings. The molecule has 10 heteroatoms. The van der Waals surface area contributed by atoms with Gasteiger partial charge in [-0.2, -0.15) is 5.10 Å². The Bertz CT molecular complexity index is 1480. The van der Waals surface area contributed by atoms with Crippen LogP contribution in [-0.2, 0) is 16.6 Å². The van der Waals surface area contributed by atoms with Gasteiger partial charge in [-0.15, -0.1) is 0 Å². The first kappa shape index (κ1) is 21.3. The third-order valence-corrected chi connectivity index (χ3v) is 6.61. The molecule has 0 saturated carbocycles. The van der Waals surface area contributed by atoms with Gasteiger partial charge in [0.25, 0.3) is 5.56 Å². The summed E-state index contributed by atoms with van der Waals surface area (Å²) in [6.45, 7) is 5.68. The molecule has 9 nitrogen and oxygen atoms in total. The minimum atomic E-state index is -1.20. The molecule has 3 aromatic heterocycles. The number of hydrogen-bond donors (Lipinski definition) is 2. The van der Waals surface area contributed by atoms with Gasteiger partial charge in [-0.3, -0.25) is 9.59 Å². The Hall–Kier alpha value is -3.59. The third-order valence-electron chi connectivity index (χ3n) is 6.18. The van der Waals surface area contributed by atoms with Gasteiger partial charge in [0.15, 0.2) is 11.5 Å². The lowest BCUT2D eigenvalue weighted by Gasteiger charge is -2.22. The van der Waals surface area contributed by atoms with Gasteiger partial charge in [0.2, 0.25) is 5.91 Å². The highest BCUT2D eigenvalue weighted by Crippen LogP contribution is 2.40. The number of rotatable bonds is 5. The maximum atomic E-state index is 13.3. The Morgan fingerprint density at radius 3 is 2.79 bits per heavy atom. The molecule has 0 bridgehead atoms. The number of unbranched alkanes of at least 4 members (excludes halogenated alkanes) is 1. The fourth-order valence-electron chi connectivity index (χ4n) is 4.24. The number of carbonyl (C=O) groups is 1. The highest BCUT2D eigenvalue weighted by atomic mass is 35.5. The van der Waals surface area contributed by atoms with E-state index in [0.717, 1.165) is 30.5 Å². The summed E-state index contributed by atoms with van der Waals surface area (Å²) in [5, 5.41) is 7.61. The van der Waals surface area contributed by atoms with Crippen LogP contribution < -0.4 is 10.9 Å². The number of benzene rings is 1. The van der Waals surface area contributed by atoms with E-state index in [1.807, 2.05) is 13.0 Å². The van der Waals surface area contributed by atoms with Crippen molar-refractivity contribution in [3.63, 3.8) is 0 Å². The molecule has 0 saturated heterocycles. The predicted octanol–water partition coefficient (Wildman–Crippen LogP) is 3.44. The van der Waals surface area contributed by atoms with Crippen molar-refractivity contribution in [2.75, 3.05) is 5.32 Å². The van der Waals surface area contributed by atoms with Crippen LogP contribution in [0, 0.1) is 6.92 Å². The topological polar surface area (TPSA) is 118 Å². The van der Waals surface area contributed by atoms with Crippen LogP contribution in [0.4, 0.5) is 5.82 Å². The van der Waals surface area contributed by atoms with E-state index in [1.54, 1.807) is 29.8 Å². The first-order valence-electron chi connectivity index (χ1n) is 10.8. The highest BCUT2D eigenvalue weighted by molar-refractivity contribution is 6.31. The molecule has 0 spiro atoms. The molecule has 0 aliphatic carbocycles. The van der Waals surface area contributed by atoms with Crippen LogP contribution in [-0.4, -0.2) is 35.5 Å². The number of hydrogen-bond acceptors (Lipinski definition) is 6. The highest BCUT2D eigenvalue weighted by Gasteiger charge is 2.47. The zero-order valence-electron chi connectivity index (χ0n) is 18.4. The summed E-state index contributed by atoms with van der Waals surface area (Å²) in [5.74, 6) is 0.160. The standard InChI is InChI=1S/C23H22ClN7O2/c1-4-5-6-15-20-25-11-26-31(20)10-16(27-15)18-28-19-17(21(32)29-18)23(3,22(33)30-19)13-7-8-14(24)12(2)9-13/h7-11H,4-6H2,1-3H3,(H2,28,29,30,32,33). The molecule has 4 heterocycles. The van der Waals surface area contributed by atoms with Gasteiger partial charge in [0, 0.05) is 5.02 Å². The molecule has 1 unspecified atom stereocenters. The van der Waals surface area contributed by atoms with E-state index in [2.05, 4.69) is 32.3 Å². The van der Waals surface area contributed by atoms with Crippen molar-refractivity contribution in [2.24, 2.45) is 0 Å². The number of anilines is 1. The summed E-state index contributed by atoms with van der Waals surface area (Å²) in [4.78, 5) is 42.8. The van der Waals surface area contributed by atoms with Gasteiger partial charge in [-0.1, -0.05) is 37.1 Å². The number of fused-ring (bicyclic) bond motifs is 2. The lowest BCUT2D eigenvalue weighted by molar-refractivity contribution is -0.119. The second-order valence-corrected chi connectivity index (χ2v) is 8.79. The molecule has 33 heavy (non-hydrogen) atoms. The number of aryl methyl sites for hydroxylation is 2. The molecule has 168 valence electrons. The quantitative estimate of drug-likeness (QED) is 0.468. The average Bonchev–Trinajstić information content (AvgIpc) is 3.37. The van der Waals surface area contributed by atoms with Crippen molar-refractivity contribution in [2.45, 2.75) is 45.4 Å². The molecule has 5 rings (SSSR count). The first-order valence-corrected chi connectivity index (χ1v) is 11.1. The van der Waals surface area contributed by atoms with Gasteiger partial charge in [-0.25, -0.2) is 19.5 Å². The molecule has 4 aromatic rings. The summed E-state index contributed by atoms with van der Waals surface area (Å²) in [7, 11) is 0. The normalized spacial score (nSPS) is 17.4.